The van der Waals surface area contributed by atoms with Crippen molar-refractivity contribution >= 4 is 17.3 Å². The van der Waals surface area contributed by atoms with Crippen LogP contribution in [0.2, 0.25) is 0 Å². The minimum atomic E-state index is -0.175. The first-order chi connectivity index (χ1) is 14.0. The number of amides is 1. The van der Waals surface area contributed by atoms with Crippen LogP contribution in [0.1, 0.15) is 51.6 Å². The van der Waals surface area contributed by atoms with Gasteiger partial charge < -0.3 is 11.1 Å². The number of nitrogen functional groups attached to an aromatic ring is 1. The number of nitrogens with two attached hydrogens (primary N) is 1. The van der Waals surface area contributed by atoms with Crippen molar-refractivity contribution in [2.24, 2.45) is 5.92 Å². The molecule has 1 aromatic heterocycles. The third-order valence-electron chi connectivity index (χ3n) is 5.31. The van der Waals surface area contributed by atoms with Crippen molar-refractivity contribution in [3.8, 4) is 0 Å². The zero-order chi connectivity index (χ0) is 20.4. The van der Waals surface area contributed by atoms with Crippen LogP contribution in [0.15, 0.2) is 66.9 Å². The molecule has 5 nitrogen and oxygen atoms in total. The lowest BCUT2D eigenvalue weighted by Crippen LogP contribution is -2.30. The fourth-order valence-electron chi connectivity index (χ4n) is 3.44. The Kier molecular flexibility index (Phi) is 5.12. The average molecular weight is 384 g/mol. The Balaban J connectivity index is 1.58. The molecule has 1 fully saturated rings. The van der Waals surface area contributed by atoms with Crippen molar-refractivity contribution in [1.82, 2.24) is 10.3 Å². The molecule has 5 heteroatoms. The van der Waals surface area contributed by atoms with Crippen molar-refractivity contribution in [2.45, 2.75) is 25.8 Å². The van der Waals surface area contributed by atoms with E-state index in [2.05, 4.69) is 10.3 Å². The van der Waals surface area contributed by atoms with Gasteiger partial charge in [-0.1, -0.05) is 35.9 Å². The SMILES string of the molecule is Cc1ccc(C(=N)c2cc(C(=O)NC(c3ccccn3)C3CC3)ccc2N)cc1. The maximum absolute atomic E-state index is 13.0. The molecule has 1 atom stereocenters. The number of aromatic nitrogens is 1. The molecule has 1 aliphatic rings. The topological polar surface area (TPSA) is 91.9 Å². The smallest absolute Gasteiger partial charge is 0.251 e. The average Bonchev–Trinajstić information content (AvgIpc) is 3.58. The summed E-state index contributed by atoms with van der Waals surface area (Å²) in [5.41, 5.74) is 10.7. The summed E-state index contributed by atoms with van der Waals surface area (Å²) in [5.74, 6) is 0.249. The third-order valence-corrected chi connectivity index (χ3v) is 5.31. The Morgan fingerprint density at radius 2 is 1.83 bits per heavy atom. The minimum Gasteiger partial charge on any atom is -0.398 e. The van der Waals surface area contributed by atoms with Gasteiger partial charge in [0.25, 0.3) is 5.91 Å². The van der Waals surface area contributed by atoms with Crippen molar-refractivity contribution in [3.63, 3.8) is 0 Å². The second kappa shape index (κ2) is 7.87. The zero-order valence-electron chi connectivity index (χ0n) is 16.4. The van der Waals surface area contributed by atoms with E-state index < -0.39 is 0 Å². The number of nitrogens with one attached hydrogen (secondary N) is 2. The van der Waals surface area contributed by atoms with Crippen molar-refractivity contribution < 1.29 is 4.79 Å². The van der Waals surface area contributed by atoms with Crippen LogP contribution >= 0.6 is 0 Å². The van der Waals surface area contributed by atoms with E-state index in [0.29, 0.717) is 28.4 Å². The maximum Gasteiger partial charge on any atom is 0.251 e. The Hall–Kier alpha value is -3.47. The summed E-state index contributed by atoms with van der Waals surface area (Å²) >= 11 is 0. The van der Waals surface area contributed by atoms with Crippen LogP contribution in [-0.4, -0.2) is 16.6 Å². The number of rotatable bonds is 6. The van der Waals surface area contributed by atoms with Gasteiger partial charge in [0.2, 0.25) is 0 Å². The first-order valence-electron chi connectivity index (χ1n) is 9.80. The predicted molar refractivity (Wildman–Crippen MR) is 115 cm³/mol. The maximum atomic E-state index is 13.0. The largest absolute Gasteiger partial charge is 0.398 e. The molecule has 4 N–H and O–H groups in total. The molecule has 4 rings (SSSR count). The Bertz CT molecular complexity index is 1040. The van der Waals surface area contributed by atoms with E-state index in [1.807, 2.05) is 49.4 Å². The van der Waals surface area contributed by atoms with E-state index in [9.17, 15) is 4.79 Å². The summed E-state index contributed by atoms with van der Waals surface area (Å²) in [6, 6.07) is 18.5. The van der Waals surface area contributed by atoms with E-state index in [4.69, 9.17) is 11.1 Å². The van der Waals surface area contributed by atoms with Gasteiger partial charge in [0, 0.05) is 28.6 Å². The van der Waals surface area contributed by atoms with E-state index in [1.54, 1.807) is 24.4 Å². The molecule has 0 spiro atoms. The quantitative estimate of drug-likeness (QED) is 0.438. The summed E-state index contributed by atoms with van der Waals surface area (Å²) in [4.78, 5) is 17.4. The van der Waals surface area contributed by atoms with Crippen LogP contribution < -0.4 is 11.1 Å². The summed E-state index contributed by atoms with van der Waals surface area (Å²) in [7, 11) is 0. The molecule has 146 valence electrons. The molecule has 0 bridgehead atoms. The van der Waals surface area contributed by atoms with Gasteiger partial charge in [0.1, 0.15) is 0 Å². The van der Waals surface area contributed by atoms with Gasteiger partial charge in [0.05, 0.1) is 17.4 Å². The van der Waals surface area contributed by atoms with Gasteiger partial charge in [0.15, 0.2) is 0 Å². The van der Waals surface area contributed by atoms with Crippen LogP contribution in [0.3, 0.4) is 0 Å². The molecule has 1 amide bonds. The molecule has 3 aromatic rings. The first-order valence-corrected chi connectivity index (χ1v) is 9.80. The highest BCUT2D eigenvalue weighted by molar-refractivity contribution is 6.14. The van der Waals surface area contributed by atoms with Crippen molar-refractivity contribution in [2.75, 3.05) is 5.73 Å². The van der Waals surface area contributed by atoms with Crippen LogP contribution in [0.25, 0.3) is 0 Å². The summed E-state index contributed by atoms with van der Waals surface area (Å²) in [5, 5.41) is 11.7. The lowest BCUT2D eigenvalue weighted by Gasteiger charge is -2.18. The Labute approximate surface area is 170 Å². The minimum absolute atomic E-state index is 0.0961. The number of aryl methyl sites for hydroxylation is 1. The second-order valence-electron chi connectivity index (χ2n) is 7.59. The number of benzene rings is 2. The molecule has 1 unspecified atom stereocenters. The van der Waals surface area contributed by atoms with Gasteiger partial charge in [-0.05, 0) is 56.0 Å². The fourth-order valence-corrected chi connectivity index (χ4v) is 3.44. The summed E-state index contributed by atoms with van der Waals surface area (Å²) in [6.07, 6.45) is 3.93. The molecular weight excluding hydrogens is 360 g/mol. The van der Waals surface area contributed by atoms with E-state index in [1.165, 1.54) is 0 Å². The molecule has 1 aliphatic carbocycles. The van der Waals surface area contributed by atoms with Gasteiger partial charge in [-0.15, -0.1) is 0 Å². The third kappa shape index (κ3) is 4.19. The molecule has 0 saturated heterocycles. The predicted octanol–water partition coefficient (Wildman–Crippen LogP) is 4.27. The molecular formula is C24H24N4O. The fraction of sp³-hybridized carbons (Fsp3) is 0.208. The highest BCUT2D eigenvalue weighted by atomic mass is 16.1. The second-order valence-corrected chi connectivity index (χ2v) is 7.59. The summed E-state index contributed by atoms with van der Waals surface area (Å²) in [6.45, 7) is 2.00. The van der Waals surface area contributed by atoms with E-state index >= 15 is 0 Å². The number of anilines is 1. The van der Waals surface area contributed by atoms with Crippen LogP contribution in [0.5, 0.6) is 0 Å². The highest BCUT2D eigenvalue weighted by Crippen LogP contribution is 2.40. The molecule has 2 aromatic carbocycles. The zero-order valence-corrected chi connectivity index (χ0v) is 16.4. The number of carbonyl (C=O) groups is 1. The van der Waals surface area contributed by atoms with Crippen LogP contribution in [-0.2, 0) is 0 Å². The van der Waals surface area contributed by atoms with Gasteiger partial charge >= 0.3 is 0 Å². The van der Waals surface area contributed by atoms with Gasteiger partial charge in [-0.3, -0.25) is 15.2 Å². The van der Waals surface area contributed by atoms with Crippen LogP contribution in [0, 0.1) is 18.3 Å². The van der Waals surface area contributed by atoms with E-state index in [-0.39, 0.29) is 11.9 Å². The number of hydrogen-bond acceptors (Lipinski definition) is 4. The molecule has 29 heavy (non-hydrogen) atoms. The summed E-state index contributed by atoms with van der Waals surface area (Å²) < 4.78 is 0. The molecule has 0 radical (unpaired) electrons. The van der Waals surface area contributed by atoms with Crippen LogP contribution in [0.4, 0.5) is 5.69 Å². The Morgan fingerprint density at radius 1 is 1.10 bits per heavy atom. The molecule has 0 aliphatic heterocycles. The standard InChI is InChI=1S/C24H24N4O/c1-15-5-7-16(8-6-15)22(26)19-14-18(11-12-20(19)25)24(29)28-23(17-9-10-17)21-4-2-3-13-27-21/h2-8,11-14,17,23,26H,9-10,25H2,1H3,(H,28,29). The first kappa shape index (κ1) is 18.9. The van der Waals surface area contributed by atoms with Crippen molar-refractivity contribution in [3.05, 3.63) is 94.8 Å². The van der Waals surface area contributed by atoms with Gasteiger partial charge in [-0.2, -0.15) is 0 Å². The lowest BCUT2D eigenvalue weighted by molar-refractivity contribution is 0.0930. The monoisotopic (exact) mass is 384 g/mol. The number of nitrogens with zero attached hydrogens (tertiary/aromatic N) is 1. The normalized spacial score (nSPS) is 14.2. The molecule has 1 heterocycles. The molecule has 1 saturated carbocycles. The number of carbonyl (C=O) groups excluding carboxylic acids is 1. The van der Waals surface area contributed by atoms with Gasteiger partial charge in [-0.25, -0.2) is 0 Å². The highest BCUT2D eigenvalue weighted by Gasteiger charge is 2.34. The number of hydrogen-bond donors (Lipinski definition) is 3. The Morgan fingerprint density at radius 3 is 2.48 bits per heavy atom. The van der Waals surface area contributed by atoms with Crippen molar-refractivity contribution in [1.29, 1.82) is 5.41 Å². The number of pyridine rings is 1. The lowest BCUT2D eigenvalue weighted by atomic mass is 9.97. The van der Waals surface area contributed by atoms with E-state index in [0.717, 1.165) is 29.7 Å².